The quantitative estimate of drug-likeness (QED) is 0.586. The highest BCUT2D eigenvalue weighted by atomic mass is 32.2. The third kappa shape index (κ3) is 4.06. The molecule has 20 heavy (non-hydrogen) atoms. The Hall–Kier alpha value is -0.880. The highest BCUT2D eigenvalue weighted by molar-refractivity contribution is 7.99. The minimum absolute atomic E-state index is 0.347. The molecule has 0 spiro atoms. The number of carbonyl (C=O) groups excluding carboxylic acids is 1. The van der Waals surface area contributed by atoms with E-state index in [4.69, 9.17) is 10.5 Å². The third-order valence-electron chi connectivity index (χ3n) is 3.30. The van der Waals surface area contributed by atoms with E-state index in [2.05, 4.69) is 26.1 Å². The van der Waals surface area contributed by atoms with Gasteiger partial charge in [-0.05, 0) is 25.5 Å². The summed E-state index contributed by atoms with van der Waals surface area (Å²) >= 11 is 2.93. The van der Waals surface area contributed by atoms with Crippen LogP contribution in [0.15, 0.2) is 4.90 Å². The Morgan fingerprint density at radius 1 is 1.50 bits per heavy atom. The van der Waals surface area contributed by atoms with Gasteiger partial charge in [0.05, 0.1) is 17.7 Å². The fourth-order valence-corrected chi connectivity index (χ4v) is 4.08. The van der Waals surface area contributed by atoms with E-state index in [1.165, 1.54) is 24.9 Å². The summed E-state index contributed by atoms with van der Waals surface area (Å²) in [6, 6.07) is 0.347. The molecule has 0 bridgehead atoms. The van der Waals surface area contributed by atoms with Crippen molar-refractivity contribution in [3.05, 3.63) is 4.88 Å². The van der Waals surface area contributed by atoms with Crippen molar-refractivity contribution in [2.75, 3.05) is 24.4 Å². The van der Waals surface area contributed by atoms with Crippen molar-refractivity contribution < 1.29 is 9.53 Å². The summed E-state index contributed by atoms with van der Waals surface area (Å²) in [7, 11) is 1.37. The van der Waals surface area contributed by atoms with Crippen molar-refractivity contribution in [1.82, 2.24) is 0 Å². The van der Waals surface area contributed by atoms with E-state index >= 15 is 0 Å². The number of ether oxygens (including phenoxy) is 1. The molecule has 114 valence electrons. The molecule has 4 nitrogen and oxygen atoms in total. The molecule has 0 fully saturated rings. The molecule has 0 aromatic carbocycles. The number of carbonyl (C=O) groups is 1. The molecule has 0 saturated carbocycles. The summed E-state index contributed by atoms with van der Waals surface area (Å²) in [4.78, 5) is 13.1. The van der Waals surface area contributed by atoms with Gasteiger partial charge in [-0.2, -0.15) is 0 Å². The molecule has 1 aromatic rings. The van der Waals surface area contributed by atoms with Gasteiger partial charge < -0.3 is 15.8 Å². The van der Waals surface area contributed by atoms with Gasteiger partial charge in [-0.15, -0.1) is 23.1 Å². The van der Waals surface area contributed by atoms with E-state index in [1.54, 1.807) is 11.8 Å². The van der Waals surface area contributed by atoms with E-state index in [0.717, 1.165) is 16.3 Å². The monoisotopic (exact) mass is 316 g/mol. The summed E-state index contributed by atoms with van der Waals surface area (Å²) in [6.45, 7) is 6.60. The number of thioether (sulfide) groups is 1. The largest absolute Gasteiger partial charge is 0.465 e. The summed E-state index contributed by atoms with van der Waals surface area (Å²) < 4.78 is 4.77. The van der Waals surface area contributed by atoms with Gasteiger partial charge in [0, 0.05) is 6.04 Å². The van der Waals surface area contributed by atoms with Crippen LogP contribution in [-0.2, 0) is 4.74 Å². The van der Waals surface area contributed by atoms with Gasteiger partial charge in [0.25, 0.3) is 0 Å². The molecular weight excluding hydrogens is 292 g/mol. The number of nitrogens with two attached hydrogens (primary N) is 1. The molecule has 2 atom stereocenters. The van der Waals surface area contributed by atoms with Crippen LogP contribution < -0.4 is 11.1 Å². The predicted octanol–water partition coefficient (Wildman–Crippen LogP) is 4.08. The first kappa shape index (κ1) is 17.2. The zero-order chi connectivity index (χ0) is 15.3. The number of thiophene rings is 1. The van der Waals surface area contributed by atoms with Gasteiger partial charge in [-0.3, -0.25) is 0 Å². The van der Waals surface area contributed by atoms with E-state index in [0.29, 0.717) is 22.5 Å². The molecule has 3 N–H and O–H groups in total. The average molecular weight is 316 g/mol. The summed E-state index contributed by atoms with van der Waals surface area (Å²) in [5, 5.41) is 4.44. The number of hydrogen-bond acceptors (Lipinski definition) is 6. The normalized spacial score (nSPS) is 13.8. The Kier molecular flexibility index (Phi) is 6.68. The van der Waals surface area contributed by atoms with E-state index in [9.17, 15) is 4.79 Å². The smallest absolute Gasteiger partial charge is 0.350 e. The molecule has 0 amide bonds. The molecule has 0 saturated heterocycles. The SMILES string of the molecule is CCC(C)CC(C)Nc1sc(C(=O)OC)c(N)c1SC. The maximum Gasteiger partial charge on any atom is 0.350 e. The molecular formula is C14H24N2O2S2. The first-order chi connectivity index (χ1) is 9.44. The number of nitrogens with one attached hydrogen (secondary N) is 1. The lowest BCUT2D eigenvalue weighted by atomic mass is 10.0. The highest BCUT2D eigenvalue weighted by Gasteiger charge is 2.22. The summed E-state index contributed by atoms with van der Waals surface area (Å²) in [5.41, 5.74) is 6.56. The van der Waals surface area contributed by atoms with Crippen molar-refractivity contribution in [1.29, 1.82) is 0 Å². The van der Waals surface area contributed by atoms with Crippen molar-refractivity contribution >= 4 is 39.8 Å². The summed E-state index contributed by atoms with van der Waals surface area (Å²) in [5.74, 6) is 0.304. The molecule has 0 aliphatic carbocycles. The lowest BCUT2D eigenvalue weighted by molar-refractivity contribution is 0.0607. The van der Waals surface area contributed by atoms with E-state index < -0.39 is 0 Å². The van der Waals surface area contributed by atoms with Gasteiger partial charge in [-0.25, -0.2) is 4.79 Å². The average Bonchev–Trinajstić information content (AvgIpc) is 2.73. The van der Waals surface area contributed by atoms with Gasteiger partial charge >= 0.3 is 5.97 Å². The Bertz CT molecular complexity index is 460. The van der Waals surface area contributed by atoms with E-state index in [1.807, 2.05) is 6.26 Å². The molecule has 1 aromatic heterocycles. The lowest BCUT2D eigenvalue weighted by Gasteiger charge is -2.18. The Morgan fingerprint density at radius 2 is 2.15 bits per heavy atom. The lowest BCUT2D eigenvalue weighted by Crippen LogP contribution is -2.17. The van der Waals surface area contributed by atoms with Crippen LogP contribution in [0.4, 0.5) is 10.7 Å². The Labute approximate surface area is 129 Å². The zero-order valence-electron chi connectivity index (χ0n) is 12.8. The molecule has 0 radical (unpaired) electrons. The number of methoxy groups -OCH3 is 1. The van der Waals surface area contributed by atoms with Crippen molar-refractivity contribution in [3.63, 3.8) is 0 Å². The second kappa shape index (κ2) is 7.78. The van der Waals surface area contributed by atoms with Gasteiger partial charge in [0.1, 0.15) is 9.88 Å². The van der Waals surface area contributed by atoms with Crippen LogP contribution in [0, 0.1) is 5.92 Å². The van der Waals surface area contributed by atoms with Crippen LogP contribution >= 0.6 is 23.1 Å². The maximum atomic E-state index is 11.7. The zero-order valence-corrected chi connectivity index (χ0v) is 14.4. The molecule has 0 aliphatic rings. The topological polar surface area (TPSA) is 64.3 Å². The number of esters is 1. The van der Waals surface area contributed by atoms with Crippen molar-refractivity contribution in [2.45, 2.75) is 44.6 Å². The highest BCUT2D eigenvalue weighted by Crippen LogP contribution is 2.42. The molecule has 6 heteroatoms. The van der Waals surface area contributed by atoms with Crippen molar-refractivity contribution in [2.24, 2.45) is 5.92 Å². The van der Waals surface area contributed by atoms with Gasteiger partial charge in [0.15, 0.2) is 0 Å². The van der Waals surface area contributed by atoms with Crippen LogP contribution in [0.1, 0.15) is 43.3 Å². The fourth-order valence-electron chi connectivity index (χ4n) is 2.02. The third-order valence-corrected chi connectivity index (χ3v) is 5.38. The van der Waals surface area contributed by atoms with E-state index in [-0.39, 0.29) is 5.97 Å². The Morgan fingerprint density at radius 3 is 2.65 bits per heavy atom. The van der Waals surface area contributed by atoms with Gasteiger partial charge in [0.2, 0.25) is 0 Å². The van der Waals surface area contributed by atoms with Crippen LogP contribution in [0.5, 0.6) is 0 Å². The van der Waals surface area contributed by atoms with Crippen LogP contribution in [0.25, 0.3) is 0 Å². The minimum Gasteiger partial charge on any atom is -0.465 e. The number of hydrogen-bond donors (Lipinski definition) is 2. The molecule has 1 rings (SSSR count). The number of anilines is 2. The second-order valence-electron chi connectivity index (χ2n) is 4.99. The molecule has 1 heterocycles. The van der Waals surface area contributed by atoms with Crippen molar-refractivity contribution in [3.8, 4) is 0 Å². The fraction of sp³-hybridized carbons (Fsp3) is 0.643. The van der Waals surface area contributed by atoms with Gasteiger partial charge in [-0.1, -0.05) is 20.3 Å². The Balaban J connectivity index is 2.92. The standard InChI is InChI=1S/C14H24N2O2S2/c1-6-8(2)7-9(3)16-13-11(19-5)10(15)12(20-13)14(17)18-4/h8-9,16H,6-7,15H2,1-5H3. The summed E-state index contributed by atoms with van der Waals surface area (Å²) in [6.07, 6.45) is 4.22. The first-order valence-electron chi connectivity index (χ1n) is 6.75. The number of rotatable bonds is 7. The second-order valence-corrected chi connectivity index (χ2v) is 6.83. The van der Waals surface area contributed by atoms with Crippen LogP contribution in [-0.4, -0.2) is 25.4 Å². The molecule has 2 unspecified atom stereocenters. The minimum atomic E-state index is -0.370. The first-order valence-corrected chi connectivity index (χ1v) is 8.79. The molecule has 0 aliphatic heterocycles. The number of nitrogen functional groups attached to an aromatic ring is 1. The van der Waals surface area contributed by atoms with Crippen LogP contribution in [0.2, 0.25) is 0 Å². The predicted molar refractivity (Wildman–Crippen MR) is 89.0 cm³/mol. The van der Waals surface area contributed by atoms with Crippen LogP contribution in [0.3, 0.4) is 0 Å². The maximum absolute atomic E-state index is 11.7.